The second kappa shape index (κ2) is 6.07. The topological polar surface area (TPSA) is 38.2 Å². The highest BCUT2D eigenvalue weighted by molar-refractivity contribution is 5.92. The van der Waals surface area contributed by atoms with Crippen LogP contribution in [0.3, 0.4) is 0 Å². The van der Waals surface area contributed by atoms with Crippen LogP contribution in [0.1, 0.15) is 12.1 Å². The molecule has 0 N–H and O–H groups in total. The Morgan fingerprint density at radius 3 is 3.00 bits per heavy atom. The Kier molecular flexibility index (Phi) is 3.76. The Bertz CT molecular complexity index is 869. The van der Waals surface area contributed by atoms with E-state index in [1.54, 1.807) is 24.5 Å². The number of benzene rings is 1. The van der Waals surface area contributed by atoms with Crippen LogP contribution in [0, 0.1) is 12.7 Å². The fourth-order valence-corrected chi connectivity index (χ4v) is 3.22. The van der Waals surface area contributed by atoms with E-state index in [1.165, 1.54) is 6.07 Å². The van der Waals surface area contributed by atoms with Gasteiger partial charge in [-0.05, 0) is 43.3 Å². The summed E-state index contributed by atoms with van der Waals surface area (Å²) in [6.07, 6.45) is 4.48. The van der Waals surface area contributed by atoms with E-state index in [2.05, 4.69) is 14.9 Å². The first kappa shape index (κ1) is 14.9. The molecule has 1 atom stereocenters. The van der Waals surface area contributed by atoms with Crippen molar-refractivity contribution in [3.63, 3.8) is 0 Å². The molecule has 1 aliphatic heterocycles. The molecule has 1 unspecified atom stereocenters. The van der Waals surface area contributed by atoms with Gasteiger partial charge in [0.2, 0.25) is 0 Å². The summed E-state index contributed by atoms with van der Waals surface area (Å²) in [5, 5.41) is 0.850. The first-order valence-electron chi connectivity index (χ1n) is 8.07. The van der Waals surface area contributed by atoms with Crippen LogP contribution in [0.2, 0.25) is 0 Å². The Morgan fingerprint density at radius 2 is 2.17 bits per heavy atom. The van der Waals surface area contributed by atoms with Crippen molar-refractivity contribution in [2.24, 2.45) is 0 Å². The predicted octanol–water partition coefficient (Wildman–Crippen LogP) is 3.74. The number of aromatic nitrogens is 2. The van der Waals surface area contributed by atoms with Gasteiger partial charge in [-0.25, -0.2) is 4.39 Å². The lowest BCUT2D eigenvalue weighted by molar-refractivity contribution is 0.224. The average molecular weight is 323 g/mol. The van der Waals surface area contributed by atoms with Crippen LogP contribution >= 0.6 is 0 Å². The van der Waals surface area contributed by atoms with Crippen molar-refractivity contribution in [1.29, 1.82) is 0 Å². The number of rotatable bonds is 3. The van der Waals surface area contributed by atoms with Crippen molar-refractivity contribution in [3.8, 4) is 5.75 Å². The maximum atomic E-state index is 13.7. The zero-order valence-electron chi connectivity index (χ0n) is 13.4. The number of aryl methyl sites for hydroxylation is 1. The van der Waals surface area contributed by atoms with E-state index in [0.717, 1.165) is 47.5 Å². The zero-order chi connectivity index (χ0) is 16.5. The number of nitrogens with zero attached hydrogens (tertiary/aromatic N) is 3. The van der Waals surface area contributed by atoms with Crippen LogP contribution in [0.25, 0.3) is 10.9 Å². The van der Waals surface area contributed by atoms with Crippen LogP contribution in [0.4, 0.5) is 10.1 Å². The van der Waals surface area contributed by atoms with Gasteiger partial charge in [-0.15, -0.1) is 0 Å². The van der Waals surface area contributed by atoms with Gasteiger partial charge < -0.3 is 9.64 Å². The molecule has 1 saturated heterocycles. The van der Waals surface area contributed by atoms with Gasteiger partial charge in [0.1, 0.15) is 17.7 Å². The summed E-state index contributed by atoms with van der Waals surface area (Å²) >= 11 is 0. The van der Waals surface area contributed by atoms with Crippen molar-refractivity contribution in [1.82, 2.24) is 9.97 Å². The second-order valence-corrected chi connectivity index (χ2v) is 6.11. The molecule has 2 aromatic heterocycles. The maximum Gasteiger partial charge on any atom is 0.138 e. The number of fused-ring (bicyclic) bond motifs is 1. The van der Waals surface area contributed by atoms with Crippen LogP contribution in [0.15, 0.2) is 48.8 Å². The Hall–Kier alpha value is -2.69. The van der Waals surface area contributed by atoms with E-state index in [1.807, 2.05) is 25.1 Å². The Morgan fingerprint density at radius 1 is 1.25 bits per heavy atom. The minimum absolute atomic E-state index is 0.103. The summed E-state index contributed by atoms with van der Waals surface area (Å²) in [7, 11) is 0. The zero-order valence-corrected chi connectivity index (χ0v) is 13.4. The highest BCUT2D eigenvalue weighted by atomic mass is 19.1. The van der Waals surface area contributed by atoms with Crippen LogP contribution < -0.4 is 9.64 Å². The quantitative estimate of drug-likeness (QED) is 0.736. The summed E-state index contributed by atoms with van der Waals surface area (Å²) in [6, 6.07) is 10.6. The number of anilines is 1. The van der Waals surface area contributed by atoms with Gasteiger partial charge in [0.25, 0.3) is 0 Å². The van der Waals surface area contributed by atoms with Crippen molar-refractivity contribution < 1.29 is 9.13 Å². The van der Waals surface area contributed by atoms with E-state index in [-0.39, 0.29) is 11.9 Å². The summed E-state index contributed by atoms with van der Waals surface area (Å²) < 4.78 is 19.7. The Balaban J connectivity index is 1.61. The molecule has 3 aromatic rings. The Labute approximate surface area is 139 Å². The fourth-order valence-electron chi connectivity index (χ4n) is 3.22. The molecule has 0 bridgehead atoms. The maximum absolute atomic E-state index is 13.7. The molecule has 5 heteroatoms. The fraction of sp³-hybridized carbons (Fsp3) is 0.263. The first-order valence-corrected chi connectivity index (χ1v) is 8.07. The number of hydrogen-bond donors (Lipinski definition) is 0. The first-order chi connectivity index (χ1) is 11.7. The van der Waals surface area contributed by atoms with E-state index >= 15 is 0 Å². The average Bonchev–Trinajstić information content (AvgIpc) is 3.04. The van der Waals surface area contributed by atoms with Gasteiger partial charge in [-0.1, -0.05) is 0 Å². The number of pyridine rings is 2. The van der Waals surface area contributed by atoms with Crippen LogP contribution in [0.5, 0.6) is 5.75 Å². The lowest BCUT2D eigenvalue weighted by atomic mass is 10.1. The van der Waals surface area contributed by atoms with Crippen molar-refractivity contribution in [2.45, 2.75) is 19.4 Å². The minimum atomic E-state index is -0.239. The minimum Gasteiger partial charge on any atom is -0.487 e. The molecule has 0 amide bonds. The number of ether oxygens (including phenoxy) is 1. The van der Waals surface area contributed by atoms with Crippen LogP contribution in [-0.2, 0) is 0 Å². The normalized spacial score (nSPS) is 17.4. The molecule has 0 radical (unpaired) electrons. The molecule has 3 heterocycles. The van der Waals surface area contributed by atoms with Crippen LogP contribution in [-0.4, -0.2) is 29.2 Å². The van der Waals surface area contributed by atoms with Gasteiger partial charge >= 0.3 is 0 Å². The molecule has 1 aromatic carbocycles. The van der Waals surface area contributed by atoms with Gasteiger partial charge in [0.15, 0.2) is 0 Å². The third-order valence-electron chi connectivity index (χ3n) is 4.30. The summed E-state index contributed by atoms with van der Waals surface area (Å²) in [6.45, 7) is 3.61. The molecular weight excluding hydrogens is 305 g/mol. The third kappa shape index (κ3) is 2.89. The third-order valence-corrected chi connectivity index (χ3v) is 4.30. The molecule has 0 aliphatic carbocycles. The van der Waals surface area contributed by atoms with Gasteiger partial charge in [-0.3, -0.25) is 9.97 Å². The van der Waals surface area contributed by atoms with E-state index in [0.29, 0.717) is 0 Å². The molecular formula is C19H18FN3O. The summed E-state index contributed by atoms with van der Waals surface area (Å²) in [5.41, 5.74) is 2.78. The monoisotopic (exact) mass is 323 g/mol. The van der Waals surface area contributed by atoms with Crippen molar-refractivity contribution >= 4 is 16.6 Å². The lowest BCUT2D eigenvalue weighted by Gasteiger charge is -2.21. The van der Waals surface area contributed by atoms with Gasteiger partial charge in [0, 0.05) is 35.9 Å². The highest BCUT2D eigenvalue weighted by Gasteiger charge is 2.26. The molecule has 1 fully saturated rings. The lowest BCUT2D eigenvalue weighted by Crippen LogP contribution is -2.25. The van der Waals surface area contributed by atoms with E-state index in [9.17, 15) is 4.39 Å². The largest absolute Gasteiger partial charge is 0.487 e. The predicted molar refractivity (Wildman–Crippen MR) is 91.9 cm³/mol. The molecule has 24 heavy (non-hydrogen) atoms. The van der Waals surface area contributed by atoms with Crippen molar-refractivity contribution in [3.05, 3.63) is 60.3 Å². The second-order valence-electron chi connectivity index (χ2n) is 6.11. The summed E-state index contributed by atoms with van der Waals surface area (Å²) in [4.78, 5) is 10.8. The van der Waals surface area contributed by atoms with E-state index in [4.69, 9.17) is 4.74 Å². The SMILES string of the molecule is Cc1cc(N2CCC(Oc3cccnc3)C2)c2cc(F)ccc2n1. The molecule has 1 aliphatic rings. The number of halogens is 1. The molecule has 122 valence electrons. The highest BCUT2D eigenvalue weighted by Crippen LogP contribution is 2.31. The molecule has 0 spiro atoms. The standard InChI is InChI=1S/C19H18FN3O/c1-13-9-19(17-10-14(20)4-5-18(17)22-13)23-8-6-16(12-23)24-15-3-2-7-21-11-15/h2-5,7,9-11,16H,6,8,12H2,1H3. The molecule has 4 nitrogen and oxygen atoms in total. The van der Waals surface area contributed by atoms with Gasteiger partial charge in [0.05, 0.1) is 18.3 Å². The van der Waals surface area contributed by atoms with Crippen molar-refractivity contribution in [2.75, 3.05) is 18.0 Å². The van der Waals surface area contributed by atoms with E-state index < -0.39 is 0 Å². The van der Waals surface area contributed by atoms with Gasteiger partial charge in [-0.2, -0.15) is 0 Å². The smallest absolute Gasteiger partial charge is 0.138 e. The molecule has 0 saturated carbocycles. The molecule has 4 rings (SSSR count). The number of hydrogen-bond acceptors (Lipinski definition) is 4. The summed E-state index contributed by atoms with van der Waals surface area (Å²) in [5.74, 6) is 0.544.